The van der Waals surface area contributed by atoms with E-state index in [0.717, 1.165) is 11.1 Å². The summed E-state index contributed by atoms with van der Waals surface area (Å²) >= 11 is 0. The minimum Gasteiger partial charge on any atom is -0.483 e. The number of hydrogen-bond donors (Lipinski definition) is 2. The number of carbonyl (C=O) groups excluding carboxylic acids is 2. The first-order chi connectivity index (χ1) is 11.6. The average Bonchev–Trinajstić information content (AvgIpc) is 2.59. The van der Waals surface area contributed by atoms with Gasteiger partial charge in [0, 0.05) is 12.7 Å². The molecule has 0 saturated heterocycles. The van der Waals surface area contributed by atoms with E-state index in [9.17, 15) is 9.59 Å². The SMILES string of the molecule is COCc1cccc(C(=O)NNC(=O)COc2ccccc2C)c1. The molecular weight excluding hydrogens is 308 g/mol. The molecule has 126 valence electrons. The number of nitrogens with one attached hydrogen (secondary N) is 2. The predicted octanol–water partition coefficient (Wildman–Crippen LogP) is 1.98. The second-order valence-electron chi connectivity index (χ2n) is 5.19. The molecule has 0 aliphatic heterocycles. The van der Waals surface area contributed by atoms with Gasteiger partial charge >= 0.3 is 0 Å². The van der Waals surface area contributed by atoms with Crippen molar-refractivity contribution in [3.05, 3.63) is 65.2 Å². The highest BCUT2D eigenvalue weighted by Gasteiger charge is 2.09. The van der Waals surface area contributed by atoms with Crippen LogP contribution in [0.15, 0.2) is 48.5 Å². The maximum atomic E-state index is 12.0. The van der Waals surface area contributed by atoms with Gasteiger partial charge in [0.15, 0.2) is 6.61 Å². The van der Waals surface area contributed by atoms with Crippen LogP contribution in [0.25, 0.3) is 0 Å². The molecule has 0 aliphatic carbocycles. The summed E-state index contributed by atoms with van der Waals surface area (Å²) in [7, 11) is 1.58. The molecule has 0 fully saturated rings. The Morgan fingerprint density at radius 3 is 2.58 bits per heavy atom. The zero-order valence-corrected chi connectivity index (χ0v) is 13.7. The van der Waals surface area contributed by atoms with E-state index < -0.39 is 11.8 Å². The van der Waals surface area contributed by atoms with Crippen molar-refractivity contribution in [1.82, 2.24) is 10.9 Å². The van der Waals surface area contributed by atoms with Gasteiger partial charge in [0.2, 0.25) is 0 Å². The summed E-state index contributed by atoms with van der Waals surface area (Å²) < 4.78 is 10.4. The predicted molar refractivity (Wildman–Crippen MR) is 89.4 cm³/mol. The molecule has 6 nitrogen and oxygen atoms in total. The first kappa shape index (κ1) is 17.5. The number of amides is 2. The number of benzene rings is 2. The van der Waals surface area contributed by atoms with Crippen molar-refractivity contribution in [2.24, 2.45) is 0 Å². The van der Waals surface area contributed by atoms with Crippen LogP contribution in [0.1, 0.15) is 21.5 Å². The van der Waals surface area contributed by atoms with Gasteiger partial charge in [-0.3, -0.25) is 20.4 Å². The Bertz CT molecular complexity index is 716. The number of hydrazine groups is 1. The fourth-order valence-electron chi connectivity index (χ4n) is 2.07. The van der Waals surface area contributed by atoms with Crippen LogP contribution >= 0.6 is 0 Å². The lowest BCUT2D eigenvalue weighted by Gasteiger charge is -2.10. The Morgan fingerprint density at radius 1 is 1.04 bits per heavy atom. The number of hydrogen-bond acceptors (Lipinski definition) is 4. The lowest BCUT2D eigenvalue weighted by atomic mass is 10.1. The Hall–Kier alpha value is -2.86. The fraction of sp³-hybridized carbons (Fsp3) is 0.222. The third-order valence-corrected chi connectivity index (χ3v) is 3.27. The number of ether oxygens (including phenoxy) is 2. The second kappa shape index (κ2) is 8.69. The first-order valence-electron chi connectivity index (χ1n) is 7.45. The Balaban J connectivity index is 1.82. The van der Waals surface area contributed by atoms with Crippen LogP contribution < -0.4 is 15.6 Å². The molecule has 6 heteroatoms. The fourth-order valence-corrected chi connectivity index (χ4v) is 2.07. The number of rotatable bonds is 6. The van der Waals surface area contributed by atoms with E-state index in [-0.39, 0.29) is 6.61 Å². The minimum atomic E-state index is -0.445. The van der Waals surface area contributed by atoms with Crippen molar-refractivity contribution >= 4 is 11.8 Å². The monoisotopic (exact) mass is 328 g/mol. The van der Waals surface area contributed by atoms with Gasteiger partial charge < -0.3 is 9.47 Å². The summed E-state index contributed by atoms with van der Waals surface area (Å²) in [5, 5.41) is 0. The summed E-state index contributed by atoms with van der Waals surface area (Å²) in [5.74, 6) is -0.219. The molecular formula is C18H20N2O4. The highest BCUT2D eigenvalue weighted by molar-refractivity contribution is 5.95. The normalized spacial score (nSPS) is 10.1. The molecule has 2 aromatic rings. The summed E-state index contributed by atoms with van der Waals surface area (Å²) in [6.07, 6.45) is 0. The molecule has 0 aliphatic rings. The Labute approximate surface area is 140 Å². The van der Waals surface area contributed by atoms with E-state index in [2.05, 4.69) is 10.9 Å². The molecule has 2 N–H and O–H groups in total. The van der Waals surface area contributed by atoms with Crippen LogP contribution in [0.5, 0.6) is 5.75 Å². The van der Waals surface area contributed by atoms with E-state index in [1.54, 1.807) is 31.4 Å². The first-order valence-corrected chi connectivity index (χ1v) is 7.45. The van der Waals surface area contributed by atoms with Gasteiger partial charge in [-0.2, -0.15) is 0 Å². The molecule has 0 spiro atoms. The second-order valence-corrected chi connectivity index (χ2v) is 5.19. The molecule has 0 bridgehead atoms. The van der Waals surface area contributed by atoms with E-state index in [0.29, 0.717) is 17.9 Å². The van der Waals surface area contributed by atoms with Crippen LogP contribution in [-0.4, -0.2) is 25.5 Å². The summed E-state index contributed by atoms with van der Waals surface area (Å²) in [4.78, 5) is 23.8. The maximum Gasteiger partial charge on any atom is 0.276 e. The lowest BCUT2D eigenvalue weighted by Crippen LogP contribution is -2.43. The quantitative estimate of drug-likeness (QED) is 0.795. The molecule has 2 rings (SSSR count). The van der Waals surface area contributed by atoms with Gasteiger partial charge in [-0.1, -0.05) is 30.3 Å². The third-order valence-electron chi connectivity index (χ3n) is 3.27. The molecule has 2 amide bonds. The van der Waals surface area contributed by atoms with E-state index in [1.807, 2.05) is 31.2 Å². The Kier molecular flexibility index (Phi) is 6.33. The van der Waals surface area contributed by atoms with Gasteiger partial charge in [0.1, 0.15) is 5.75 Å². The van der Waals surface area contributed by atoms with E-state index in [4.69, 9.17) is 9.47 Å². The summed E-state index contributed by atoms with van der Waals surface area (Å²) in [6.45, 7) is 2.12. The number of carbonyl (C=O) groups is 2. The molecule has 0 saturated carbocycles. The van der Waals surface area contributed by atoms with Crippen LogP contribution in [-0.2, 0) is 16.1 Å². The topological polar surface area (TPSA) is 76.7 Å². The van der Waals surface area contributed by atoms with Crippen molar-refractivity contribution in [2.45, 2.75) is 13.5 Å². The summed E-state index contributed by atoms with van der Waals surface area (Å²) in [5.41, 5.74) is 6.93. The van der Waals surface area contributed by atoms with Crippen molar-refractivity contribution < 1.29 is 19.1 Å². The lowest BCUT2D eigenvalue weighted by molar-refractivity contribution is -0.123. The molecule has 0 radical (unpaired) electrons. The highest BCUT2D eigenvalue weighted by Crippen LogP contribution is 2.15. The van der Waals surface area contributed by atoms with E-state index >= 15 is 0 Å². The summed E-state index contributed by atoms with van der Waals surface area (Å²) in [6, 6.07) is 14.4. The number of para-hydroxylation sites is 1. The third kappa shape index (κ3) is 5.10. The van der Waals surface area contributed by atoms with Gasteiger partial charge in [-0.05, 0) is 36.2 Å². The zero-order chi connectivity index (χ0) is 17.4. The van der Waals surface area contributed by atoms with Gasteiger partial charge in [-0.15, -0.1) is 0 Å². The smallest absolute Gasteiger partial charge is 0.276 e. The van der Waals surface area contributed by atoms with Crippen molar-refractivity contribution in [1.29, 1.82) is 0 Å². The Morgan fingerprint density at radius 2 is 1.83 bits per heavy atom. The molecule has 0 aromatic heterocycles. The molecule has 24 heavy (non-hydrogen) atoms. The van der Waals surface area contributed by atoms with Crippen molar-refractivity contribution in [2.75, 3.05) is 13.7 Å². The highest BCUT2D eigenvalue weighted by atomic mass is 16.5. The van der Waals surface area contributed by atoms with Crippen LogP contribution in [0.2, 0.25) is 0 Å². The average molecular weight is 328 g/mol. The molecule has 0 atom stereocenters. The van der Waals surface area contributed by atoms with E-state index in [1.165, 1.54) is 0 Å². The minimum absolute atomic E-state index is 0.186. The van der Waals surface area contributed by atoms with Gasteiger partial charge in [-0.25, -0.2) is 0 Å². The van der Waals surface area contributed by atoms with Crippen LogP contribution in [0.4, 0.5) is 0 Å². The van der Waals surface area contributed by atoms with Gasteiger partial charge in [0.05, 0.1) is 6.61 Å². The molecule has 0 heterocycles. The standard InChI is InChI=1S/C18H20N2O4/c1-13-6-3-4-9-16(13)24-12-17(21)19-20-18(22)15-8-5-7-14(10-15)11-23-2/h3-10H,11-12H2,1-2H3,(H,19,21)(H,20,22). The number of aryl methyl sites for hydroxylation is 1. The maximum absolute atomic E-state index is 12.0. The van der Waals surface area contributed by atoms with Crippen LogP contribution in [0.3, 0.4) is 0 Å². The zero-order valence-electron chi connectivity index (χ0n) is 13.7. The molecule has 2 aromatic carbocycles. The van der Waals surface area contributed by atoms with Crippen molar-refractivity contribution in [3.63, 3.8) is 0 Å². The largest absolute Gasteiger partial charge is 0.483 e. The van der Waals surface area contributed by atoms with Crippen molar-refractivity contribution in [3.8, 4) is 5.75 Å². The van der Waals surface area contributed by atoms with Crippen LogP contribution in [0, 0.1) is 6.92 Å². The molecule has 0 unspecified atom stereocenters. The van der Waals surface area contributed by atoms with Gasteiger partial charge in [0.25, 0.3) is 11.8 Å². The number of methoxy groups -OCH3 is 1.